The molecule has 2 fully saturated rings. The summed E-state index contributed by atoms with van der Waals surface area (Å²) >= 11 is 0. The van der Waals surface area contributed by atoms with Gasteiger partial charge in [-0.2, -0.15) is 0 Å². The fraction of sp³-hybridized carbons (Fsp3) is 0.907. The average Bonchev–Trinajstić information content (AvgIpc) is 3.00. The van der Waals surface area contributed by atoms with E-state index in [4.69, 9.17) is 9.47 Å². The molecule has 2 saturated heterocycles. The molecule has 2 heterocycles. The number of likely N-dealkylation sites (tertiary alicyclic amines) is 2. The number of unbranched alkanes of at least 4 members (excludes halogenated alkanes) is 1. The molecule has 292 valence electrons. The Hall–Kier alpha value is -1.28. The summed E-state index contributed by atoms with van der Waals surface area (Å²) in [6.45, 7) is 34.3. The van der Waals surface area contributed by atoms with Crippen LogP contribution in [0.1, 0.15) is 167 Å². The second-order valence-corrected chi connectivity index (χ2v) is 19.3. The van der Waals surface area contributed by atoms with Gasteiger partial charge in [-0.1, -0.05) is 26.8 Å². The molecule has 0 aromatic rings. The molecule has 0 spiro atoms. The van der Waals surface area contributed by atoms with Gasteiger partial charge < -0.3 is 9.47 Å². The fourth-order valence-corrected chi connectivity index (χ4v) is 8.85. The Labute approximate surface area is 309 Å². The van der Waals surface area contributed by atoms with E-state index in [1.165, 1.54) is 0 Å². The molecule has 2 aliphatic rings. The summed E-state index contributed by atoms with van der Waals surface area (Å²) in [4.78, 5) is 34.9. The van der Waals surface area contributed by atoms with E-state index in [1.54, 1.807) is 0 Å². The predicted octanol–water partition coefficient (Wildman–Crippen LogP) is 9.47. The normalized spacial score (nSPS) is 24.6. The van der Waals surface area contributed by atoms with Gasteiger partial charge >= 0.3 is 0 Å². The van der Waals surface area contributed by atoms with Crippen molar-refractivity contribution in [1.29, 1.82) is 0 Å². The third kappa shape index (κ3) is 11.9. The van der Waals surface area contributed by atoms with Crippen molar-refractivity contribution in [3.8, 4) is 0 Å². The average molecular weight is 704 g/mol. The lowest BCUT2D eigenvalue weighted by Crippen LogP contribution is -2.60. The van der Waals surface area contributed by atoms with Gasteiger partial charge in [0.1, 0.15) is 17.7 Å². The van der Waals surface area contributed by atoms with Gasteiger partial charge in [0.25, 0.3) is 0 Å². The van der Waals surface area contributed by atoms with Crippen molar-refractivity contribution in [3.05, 3.63) is 12.3 Å². The van der Waals surface area contributed by atoms with Crippen molar-refractivity contribution >= 4 is 11.6 Å². The molecule has 2 aliphatic heterocycles. The highest BCUT2D eigenvalue weighted by Gasteiger charge is 2.45. The first-order chi connectivity index (χ1) is 22.8. The lowest BCUT2D eigenvalue weighted by Gasteiger charge is -2.53. The third-order valence-corrected chi connectivity index (χ3v) is 13.6. The molecular weight excluding hydrogens is 622 g/mol. The van der Waals surface area contributed by atoms with Crippen molar-refractivity contribution in [2.45, 2.75) is 213 Å². The molecule has 0 aromatic carbocycles. The van der Waals surface area contributed by atoms with Crippen LogP contribution in [0.25, 0.3) is 0 Å². The lowest BCUT2D eigenvalue weighted by atomic mass is 9.78. The molecule has 0 saturated carbocycles. The van der Waals surface area contributed by atoms with Crippen LogP contribution >= 0.6 is 0 Å². The van der Waals surface area contributed by atoms with Crippen molar-refractivity contribution < 1.29 is 19.1 Å². The summed E-state index contributed by atoms with van der Waals surface area (Å²) in [5, 5.41) is 0. The number of Topliss-reactive ketones (excluding diaryl/α,β-unsaturated/α-hetero) is 2. The maximum absolute atomic E-state index is 13.8. The number of nitrogens with zero attached hydrogens (tertiary/aromatic N) is 3. The Bertz CT molecular complexity index is 1110. The number of carbonyl (C=O) groups is 2. The molecule has 0 aliphatic carbocycles. The van der Waals surface area contributed by atoms with Crippen molar-refractivity contribution in [3.63, 3.8) is 0 Å². The highest BCUT2D eigenvalue weighted by molar-refractivity contribution is 5.84. The number of piperidine rings is 2. The number of rotatable bonds is 20. The molecule has 0 N–H and O–H groups in total. The highest BCUT2D eigenvalue weighted by atomic mass is 16.5. The smallest absolute Gasteiger partial charge is 0.136 e. The number of allylic oxidation sites excluding steroid dienone is 1. The van der Waals surface area contributed by atoms with E-state index < -0.39 is 0 Å². The lowest BCUT2D eigenvalue weighted by molar-refractivity contribution is -0.129. The number of hydrogen-bond acceptors (Lipinski definition) is 7. The molecule has 7 heteroatoms. The van der Waals surface area contributed by atoms with Crippen LogP contribution in [0, 0.1) is 11.8 Å². The minimum absolute atomic E-state index is 0.0236. The third-order valence-electron chi connectivity index (χ3n) is 13.6. The first-order valence-corrected chi connectivity index (χ1v) is 20.0. The molecule has 4 unspecified atom stereocenters. The van der Waals surface area contributed by atoms with Gasteiger partial charge in [-0.25, -0.2) is 0 Å². The van der Waals surface area contributed by atoms with Gasteiger partial charge in [0.2, 0.25) is 0 Å². The number of hydrogen-bond donors (Lipinski definition) is 0. The first kappa shape index (κ1) is 44.9. The largest absolute Gasteiger partial charge is 0.495 e. The van der Waals surface area contributed by atoms with Gasteiger partial charge in [-0.3, -0.25) is 24.3 Å². The summed E-state index contributed by atoms with van der Waals surface area (Å²) in [6.07, 6.45) is 9.56. The zero-order chi connectivity index (χ0) is 38.5. The van der Waals surface area contributed by atoms with Crippen molar-refractivity contribution in [2.75, 3.05) is 27.7 Å². The zero-order valence-electron chi connectivity index (χ0n) is 35.8. The van der Waals surface area contributed by atoms with Gasteiger partial charge in [-0.05, 0) is 136 Å². The number of ketones is 2. The Kier molecular flexibility index (Phi) is 15.9. The molecular formula is C43H81N3O4. The predicted molar refractivity (Wildman–Crippen MR) is 211 cm³/mol. The van der Waals surface area contributed by atoms with Gasteiger partial charge in [0.05, 0.1) is 11.9 Å². The summed E-state index contributed by atoms with van der Waals surface area (Å²) < 4.78 is 13.3. The number of ether oxygens (including phenoxy) is 2. The minimum Gasteiger partial charge on any atom is -0.495 e. The Balaban J connectivity index is 2.21. The van der Waals surface area contributed by atoms with Gasteiger partial charge in [-0.15, -0.1) is 0 Å². The molecule has 50 heavy (non-hydrogen) atoms. The van der Waals surface area contributed by atoms with E-state index in [2.05, 4.69) is 126 Å². The van der Waals surface area contributed by atoms with Crippen LogP contribution in [-0.4, -0.2) is 100.0 Å². The zero-order valence-corrected chi connectivity index (χ0v) is 35.8. The monoisotopic (exact) mass is 704 g/mol. The maximum Gasteiger partial charge on any atom is 0.136 e. The van der Waals surface area contributed by atoms with E-state index in [1.807, 2.05) is 6.92 Å². The second-order valence-electron chi connectivity index (χ2n) is 19.3. The summed E-state index contributed by atoms with van der Waals surface area (Å²) in [6, 6.07) is 0.433. The quantitative estimate of drug-likeness (QED) is 0.0925. The molecule has 0 amide bonds. The SMILES string of the molecule is C=C(OC1CC(C)(C)N(C)C(C)(C)C1)C(CC(=O)CCCCC(C)(C)N(C)C(C)(C)CC)C(CCOC1CC(C)N(C)C(C)(C)C1)C(=O)CC. The second kappa shape index (κ2) is 17.7. The van der Waals surface area contributed by atoms with Crippen LogP contribution in [0.2, 0.25) is 0 Å². The summed E-state index contributed by atoms with van der Waals surface area (Å²) in [5.41, 5.74) is 0.138. The van der Waals surface area contributed by atoms with Crippen molar-refractivity contribution in [1.82, 2.24) is 14.7 Å². The molecule has 0 radical (unpaired) electrons. The first-order valence-electron chi connectivity index (χ1n) is 20.0. The Morgan fingerprint density at radius 3 is 1.96 bits per heavy atom. The topological polar surface area (TPSA) is 62.3 Å². The fourth-order valence-electron chi connectivity index (χ4n) is 8.85. The van der Waals surface area contributed by atoms with Gasteiger partial charge in [0, 0.05) is 84.3 Å². The van der Waals surface area contributed by atoms with E-state index in [0.717, 1.165) is 51.4 Å². The van der Waals surface area contributed by atoms with E-state index in [-0.39, 0.29) is 63.3 Å². The van der Waals surface area contributed by atoms with E-state index >= 15 is 0 Å². The van der Waals surface area contributed by atoms with Crippen LogP contribution in [0.3, 0.4) is 0 Å². The summed E-state index contributed by atoms with van der Waals surface area (Å²) in [5.74, 6) is 0.254. The summed E-state index contributed by atoms with van der Waals surface area (Å²) in [7, 11) is 6.61. The van der Waals surface area contributed by atoms with Crippen LogP contribution in [0.15, 0.2) is 12.3 Å². The molecule has 0 aromatic heterocycles. The maximum atomic E-state index is 13.8. The van der Waals surface area contributed by atoms with Crippen LogP contribution < -0.4 is 0 Å². The molecule has 2 rings (SSSR count). The van der Waals surface area contributed by atoms with E-state index in [9.17, 15) is 9.59 Å². The molecule has 0 bridgehead atoms. The standard InChI is InChI=1S/C43H81N3O4/c1-18-38(48)36(23-25-49-34-26-31(3)44(15)41(9,10)28-34)37(32(4)50-35-29-42(11,12)46(17)43(13,14)30-35)27-33(47)22-20-21-24-40(7,8)45(16)39(5,6)19-2/h31,34-37H,4,18-30H2,1-3,5-17H3. The van der Waals surface area contributed by atoms with E-state index in [0.29, 0.717) is 44.1 Å². The van der Waals surface area contributed by atoms with Crippen LogP contribution in [-0.2, 0) is 19.1 Å². The van der Waals surface area contributed by atoms with Crippen LogP contribution in [0.4, 0.5) is 0 Å². The minimum atomic E-state index is -0.357. The number of carbonyl (C=O) groups excluding carboxylic acids is 2. The van der Waals surface area contributed by atoms with Crippen molar-refractivity contribution in [2.24, 2.45) is 11.8 Å². The highest BCUT2D eigenvalue weighted by Crippen LogP contribution is 2.41. The van der Waals surface area contributed by atoms with Gasteiger partial charge in [0.15, 0.2) is 0 Å². The van der Waals surface area contributed by atoms with Crippen LogP contribution in [0.5, 0.6) is 0 Å². The Morgan fingerprint density at radius 2 is 1.44 bits per heavy atom. The molecule has 7 nitrogen and oxygen atoms in total. The Morgan fingerprint density at radius 1 is 0.880 bits per heavy atom. The molecule has 4 atom stereocenters.